The average molecular weight is 473 g/mol. The first kappa shape index (κ1) is 22.5. The Labute approximate surface area is 202 Å². The second-order valence-corrected chi connectivity index (χ2v) is 8.87. The second-order valence-electron chi connectivity index (χ2n) is 8.87. The van der Waals surface area contributed by atoms with Gasteiger partial charge in [0.15, 0.2) is 0 Å². The molecule has 1 aliphatic rings. The summed E-state index contributed by atoms with van der Waals surface area (Å²) in [5.41, 5.74) is 5.87. The van der Waals surface area contributed by atoms with Crippen molar-refractivity contribution in [2.45, 2.75) is 26.9 Å². The summed E-state index contributed by atoms with van der Waals surface area (Å²) in [6.07, 6.45) is 0. The Bertz CT molecular complexity index is 1480. The SMILES string of the molecule is Cc1cccc(-c2cc(Nc3cc(O)cc(O)c3C(=O)N3Cc4ccc(F)cc4C3)n(C)n2)c1C. The van der Waals surface area contributed by atoms with Crippen molar-refractivity contribution in [2.75, 3.05) is 5.32 Å². The number of phenolic OH excluding ortho intramolecular Hbond substituents is 2. The molecule has 1 aliphatic heterocycles. The summed E-state index contributed by atoms with van der Waals surface area (Å²) >= 11 is 0. The molecule has 5 rings (SSSR count). The molecule has 3 aromatic carbocycles. The van der Waals surface area contributed by atoms with Gasteiger partial charge in [0.1, 0.15) is 28.7 Å². The van der Waals surface area contributed by atoms with E-state index in [2.05, 4.69) is 10.4 Å². The van der Waals surface area contributed by atoms with Gasteiger partial charge in [-0.3, -0.25) is 9.48 Å². The molecule has 0 bridgehead atoms. The first-order chi connectivity index (χ1) is 16.7. The zero-order chi connectivity index (χ0) is 24.9. The summed E-state index contributed by atoms with van der Waals surface area (Å²) in [6.45, 7) is 4.61. The molecule has 0 saturated carbocycles. The van der Waals surface area contributed by atoms with Crippen LogP contribution in [0.5, 0.6) is 11.5 Å². The van der Waals surface area contributed by atoms with Gasteiger partial charge in [-0.25, -0.2) is 4.39 Å². The zero-order valence-electron chi connectivity index (χ0n) is 19.6. The van der Waals surface area contributed by atoms with Gasteiger partial charge in [-0.2, -0.15) is 5.10 Å². The first-order valence-corrected chi connectivity index (χ1v) is 11.2. The average Bonchev–Trinajstić information content (AvgIpc) is 3.38. The van der Waals surface area contributed by atoms with Gasteiger partial charge < -0.3 is 20.4 Å². The van der Waals surface area contributed by atoms with Crippen LogP contribution in [0.15, 0.2) is 54.6 Å². The molecule has 4 aromatic rings. The molecule has 0 spiro atoms. The van der Waals surface area contributed by atoms with Crippen LogP contribution < -0.4 is 5.32 Å². The number of hydrogen-bond donors (Lipinski definition) is 3. The topological polar surface area (TPSA) is 90.6 Å². The number of anilines is 2. The van der Waals surface area contributed by atoms with Crippen molar-refractivity contribution in [2.24, 2.45) is 7.05 Å². The molecular formula is C27H25FN4O3. The fourth-order valence-corrected chi connectivity index (χ4v) is 4.48. The van der Waals surface area contributed by atoms with Crippen LogP contribution in [0.25, 0.3) is 11.3 Å². The highest BCUT2D eigenvalue weighted by atomic mass is 19.1. The highest BCUT2D eigenvalue weighted by Gasteiger charge is 2.29. The van der Waals surface area contributed by atoms with Crippen LogP contribution in [-0.4, -0.2) is 30.8 Å². The number of aryl methyl sites for hydroxylation is 2. The van der Waals surface area contributed by atoms with E-state index in [0.29, 0.717) is 12.4 Å². The van der Waals surface area contributed by atoms with E-state index in [1.807, 2.05) is 38.1 Å². The van der Waals surface area contributed by atoms with Crippen molar-refractivity contribution >= 4 is 17.4 Å². The minimum atomic E-state index is -0.432. The van der Waals surface area contributed by atoms with Crippen molar-refractivity contribution in [3.8, 4) is 22.8 Å². The standard InChI is InChI=1S/C27H25FN4O3/c1-15-5-4-6-21(16(15)2)22-12-25(31(3)30-22)29-23-10-20(33)11-24(34)26(23)27(35)32-13-17-7-8-19(28)9-18(17)14-32/h4-12,29,33-34H,13-14H2,1-3H3. The van der Waals surface area contributed by atoms with Gasteiger partial charge in [0.25, 0.3) is 5.91 Å². The molecule has 1 amide bonds. The monoisotopic (exact) mass is 472 g/mol. The summed E-state index contributed by atoms with van der Waals surface area (Å²) < 4.78 is 15.3. The molecule has 0 saturated heterocycles. The lowest BCUT2D eigenvalue weighted by molar-refractivity contribution is 0.0749. The molecule has 178 valence electrons. The molecule has 0 atom stereocenters. The molecule has 7 nitrogen and oxygen atoms in total. The maximum absolute atomic E-state index is 13.6. The first-order valence-electron chi connectivity index (χ1n) is 11.2. The fraction of sp³-hybridized carbons (Fsp3) is 0.185. The van der Waals surface area contributed by atoms with Gasteiger partial charge >= 0.3 is 0 Å². The largest absolute Gasteiger partial charge is 0.508 e. The maximum Gasteiger partial charge on any atom is 0.260 e. The Balaban J connectivity index is 1.49. The predicted molar refractivity (Wildman–Crippen MR) is 131 cm³/mol. The summed E-state index contributed by atoms with van der Waals surface area (Å²) in [6, 6.07) is 14.8. The van der Waals surface area contributed by atoms with Crippen molar-refractivity contribution in [1.82, 2.24) is 14.7 Å². The molecule has 35 heavy (non-hydrogen) atoms. The van der Waals surface area contributed by atoms with Crippen LogP contribution in [0.2, 0.25) is 0 Å². The number of carbonyl (C=O) groups is 1. The lowest BCUT2D eigenvalue weighted by Crippen LogP contribution is -2.26. The number of fused-ring (bicyclic) bond motifs is 1. The van der Waals surface area contributed by atoms with E-state index in [1.54, 1.807) is 17.8 Å². The predicted octanol–water partition coefficient (Wildman–Crippen LogP) is 5.15. The van der Waals surface area contributed by atoms with Gasteiger partial charge in [-0.05, 0) is 48.2 Å². The van der Waals surface area contributed by atoms with Crippen molar-refractivity contribution in [3.63, 3.8) is 0 Å². The van der Waals surface area contributed by atoms with Crippen LogP contribution in [-0.2, 0) is 20.1 Å². The molecule has 1 aromatic heterocycles. The number of amides is 1. The zero-order valence-corrected chi connectivity index (χ0v) is 19.6. The number of aromatic nitrogens is 2. The fourth-order valence-electron chi connectivity index (χ4n) is 4.48. The number of aromatic hydroxyl groups is 2. The van der Waals surface area contributed by atoms with Gasteiger partial charge in [-0.15, -0.1) is 0 Å². The maximum atomic E-state index is 13.6. The number of phenols is 2. The minimum absolute atomic E-state index is 0.0190. The molecule has 2 heterocycles. The number of rotatable bonds is 4. The molecular weight excluding hydrogens is 447 g/mol. The van der Waals surface area contributed by atoms with Crippen LogP contribution in [0.3, 0.4) is 0 Å². The van der Waals surface area contributed by atoms with Crippen LogP contribution >= 0.6 is 0 Å². The molecule has 0 unspecified atom stereocenters. The summed E-state index contributed by atoms with van der Waals surface area (Å²) in [5, 5.41) is 28.5. The molecule has 8 heteroatoms. The van der Waals surface area contributed by atoms with E-state index < -0.39 is 5.91 Å². The highest BCUT2D eigenvalue weighted by Crippen LogP contribution is 2.37. The quantitative estimate of drug-likeness (QED) is 0.382. The number of hydrogen-bond acceptors (Lipinski definition) is 5. The summed E-state index contributed by atoms with van der Waals surface area (Å²) in [4.78, 5) is 15.0. The lowest BCUT2D eigenvalue weighted by atomic mass is 10.0. The summed E-state index contributed by atoms with van der Waals surface area (Å²) in [5.74, 6) is -0.754. The van der Waals surface area contributed by atoms with Crippen LogP contribution in [0.4, 0.5) is 15.9 Å². The van der Waals surface area contributed by atoms with Gasteiger partial charge in [0.2, 0.25) is 0 Å². The Morgan fingerprint density at radius 3 is 2.60 bits per heavy atom. The Morgan fingerprint density at radius 1 is 1.03 bits per heavy atom. The van der Waals surface area contributed by atoms with Crippen LogP contribution in [0, 0.1) is 19.7 Å². The van der Waals surface area contributed by atoms with E-state index in [9.17, 15) is 19.4 Å². The third kappa shape index (κ3) is 4.07. The van der Waals surface area contributed by atoms with Crippen molar-refractivity contribution in [1.29, 1.82) is 0 Å². The molecule has 0 fully saturated rings. The number of halogens is 1. The second kappa shape index (κ2) is 8.47. The van der Waals surface area contributed by atoms with E-state index in [4.69, 9.17) is 0 Å². The van der Waals surface area contributed by atoms with Crippen LogP contribution in [0.1, 0.15) is 32.6 Å². The van der Waals surface area contributed by atoms with E-state index >= 15 is 0 Å². The Kier molecular flexibility index (Phi) is 5.43. The smallest absolute Gasteiger partial charge is 0.260 e. The third-order valence-corrected chi connectivity index (χ3v) is 6.52. The summed E-state index contributed by atoms with van der Waals surface area (Å²) in [7, 11) is 1.77. The van der Waals surface area contributed by atoms with Gasteiger partial charge in [-0.1, -0.05) is 24.3 Å². The minimum Gasteiger partial charge on any atom is -0.508 e. The number of benzene rings is 3. The van der Waals surface area contributed by atoms with E-state index in [0.717, 1.165) is 39.6 Å². The van der Waals surface area contributed by atoms with Crippen molar-refractivity contribution < 1.29 is 19.4 Å². The molecule has 0 radical (unpaired) electrons. The Morgan fingerprint density at radius 2 is 1.80 bits per heavy atom. The lowest BCUT2D eigenvalue weighted by Gasteiger charge is -2.19. The van der Waals surface area contributed by atoms with E-state index in [1.165, 1.54) is 23.1 Å². The van der Waals surface area contributed by atoms with Gasteiger partial charge in [0.05, 0.1) is 11.4 Å². The Hall–Kier alpha value is -4.33. The van der Waals surface area contributed by atoms with Crippen molar-refractivity contribution in [3.05, 3.63) is 88.2 Å². The number of carbonyl (C=O) groups excluding carboxylic acids is 1. The van der Waals surface area contributed by atoms with Gasteiger partial charge in [0, 0.05) is 43.9 Å². The normalized spacial score (nSPS) is 12.6. The number of nitrogens with one attached hydrogen (secondary N) is 1. The molecule has 0 aliphatic carbocycles. The van der Waals surface area contributed by atoms with E-state index in [-0.39, 0.29) is 35.1 Å². The molecule has 3 N–H and O–H groups in total. The number of nitrogens with zero attached hydrogens (tertiary/aromatic N) is 3. The highest BCUT2D eigenvalue weighted by molar-refractivity contribution is 6.03. The third-order valence-electron chi connectivity index (χ3n) is 6.52.